The Morgan fingerprint density at radius 1 is 1.32 bits per heavy atom. The zero-order valence-corrected chi connectivity index (χ0v) is 12.4. The fourth-order valence-corrected chi connectivity index (χ4v) is 2.78. The van der Waals surface area contributed by atoms with Crippen LogP contribution >= 0.6 is 0 Å². The Morgan fingerprint density at radius 2 is 2.05 bits per heavy atom. The Bertz CT molecular complexity index is 666. The van der Waals surface area contributed by atoms with Crippen LogP contribution < -0.4 is 10.6 Å². The number of allylic oxidation sites excluding steroid dienone is 1. The molecule has 22 heavy (non-hydrogen) atoms. The van der Waals surface area contributed by atoms with Crippen LogP contribution in [0.2, 0.25) is 0 Å². The lowest BCUT2D eigenvalue weighted by Crippen LogP contribution is -2.46. The molecule has 0 spiro atoms. The van der Waals surface area contributed by atoms with E-state index in [4.69, 9.17) is 5.26 Å². The largest absolute Gasteiger partial charge is 0.327 e. The Labute approximate surface area is 129 Å². The smallest absolute Gasteiger partial charge is 0.227 e. The Balaban J connectivity index is 1.60. The van der Waals surface area contributed by atoms with Gasteiger partial charge >= 0.3 is 0 Å². The van der Waals surface area contributed by atoms with Gasteiger partial charge in [0.1, 0.15) is 0 Å². The highest BCUT2D eigenvalue weighted by Gasteiger charge is 2.35. The van der Waals surface area contributed by atoms with Crippen LogP contribution in [0.1, 0.15) is 25.3 Å². The van der Waals surface area contributed by atoms with Crippen molar-refractivity contribution in [2.24, 2.45) is 10.9 Å². The number of rotatable bonds is 4. The molecule has 0 bridgehead atoms. The van der Waals surface area contributed by atoms with E-state index < -0.39 is 0 Å². The van der Waals surface area contributed by atoms with Gasteiger partial charge in [-0.25, -0.2) is 0 Å². The van der Waals surface area contributed by atoms with Crippen LogP contribution in [0.5, 0.6) is 0 Å². The maximum Gasteiger partial charge on any atom is 0.227 e. The predicted octanol–water partition coefficient (Wildman–Crippen LogP) is 1.73. The molecule has 1 heterocycles. The van der Waals surface area contributed by atoms with Gasteiger partial charge in [-0.1, -0.05) is 30.3 Å². The normalized spacial score (nSPS) is 26.3. The molecule has 5 heteroatoms. The number of hydrogen-bond donors (Lipinski definition) is 2. The van der Waals surface area contributed by atoms with Crippen molar-refractivity contribution in [1.82, 2.24) is 10.6 Å². The molecule has 5 nitrogen and oxygen atoms in total. The summed E-state index contributed by atoms with van der Waals surface area (Å²) in [5.74, 6) is 0.0123. The van der Waals surface area contributed by atoms with E-state index in [0.29, 0.717) is 12.8 Å². The van der Waals surface area contributed by atoms with Crippen LogP contribution in [0.4, 0.5) is 0 Å². The molecule has 1 aromatic carbocycles. The second kappa shape index (κ2) is 6.02. The summed E-state index contributed by atoms with van der Waals surface area (Å²) in [4.78, 5) is 16.8. The Morgan fingerprint density at radius 3 is 2.73 bits per heavy atom. The molecule has 1 aromatic rings. The monoisotopic (exact) mass is 294 g/mol. The van der Waals surface area contributed by atoms with E-state index in [2.05, 4.69) is 15.6 Å². The zero-order chi connectivity index (χ0) is 15.5. The van der Waals surface area contributed by atoms with Gasteiger partial charge in [-0.15, -0.1) is 0 Å². The van der Waals surface area contributed by atoms with E-state index in [0.717, 1.165) is 17.0 Å². The summed E-state index contributed by atoms with van der Waals surface area (Å²) in [5, 5.41) is 14.2. The summed E-state index contributed by atoms with van der Waals surface area (Å²) in [6.07, 6.45) is 5.30. The number of aliphatic imine (C=N–C) groups is 1. The van der Waals surface area contributed by atoms with Gasteiger partial charge in [0.2, 0.25) is 5.91 Å². The molecule has 3 rings (SSSR count). The first-order valence-electron chi connectivity index (χ1n) is 7.47. The molecule has 0 saturated heterocycles. The lowest BCUT2D eigenvalue weighted by Gasteiger charge is -2.33. The Hall–Kier alpha value is -2.61. The molecule has 0 radical (unpaired) electrons. The topological polar surface area (TPSA) is 77.3 Å². The molecule has 1 fully saturated rings. The molecule has 1 atom stereocenters. The summed E-state index contributed by atoms with van der Waals surface area (Å²) < 4.78 is 0. The summed E-state index contributed by atoms with van der Waals surface area (Å²) in [6.45, 7) is 1.98. The average Bonchev–Trinajstić information content (AvgIpc) is 2.84. The third-order valence-corrected chi connectivity index (χ3v) is 4.19. The minimum Gasteiger partial charge on any atom is -0.327 e. The number of hydrogen-bond acceptors (Lipinski definition) is 4. The van der Waals surface area contributed by atoms with E-state index in [1.165, 1.54) is 0 Å². The van der Waals surface area contributed by atoms with Crippen molar-refractivity contribution in [1.29, 1.82) is 5.26 Å². The fourth-order valence-electron chi connectivity index (χ4n) is 2.78. The molecule has 0 aromatic heterocycles. The van der Waals surface area contributed by atoms with Gasteiger partial charge in [-0.3, -0.25) is 9.79 Å². The van der Waals surface area contributed by atoms with Crippen LogP contribution in [-0.4, -0.2) is 23.7 Å². The number of nitriles is 1. The minimum atomic E-state index is -0.0349. The number of benzene rings is 1. The van der Waals surface area contributed by atoms with Gasteiger partial charge in [0, 0.05) is 17.7 Å². The van der Waals surface area contributed by atoms with Crippen molar-refractivity contribution < 1.29 is 4.79 Å². The van der Waals surface area contributed by atoms with Crippen molar-refractivity contribution in [2.45, 2.75) is 31.8 Å². The molecule has 1 unspecified atom stereocenters. The van der Waals surface area contributed by atoms with Crippen molar-refractivity contribution >= 4 is 11.6 Å². The van der Waals surface area contributed by atoms with E-state index >= 15 is 0 Å². The molecule has 1 aliphatic carbocycles. The van der Waals surface area contributed by atoms with E-state index in [1.54, 1.807) is 0 Å². The molecule has 1 saturated carbocycles. The maximum absolute atomic E-state index is 12.2. The van der Waals surface area contributed by atoms with Gasteiger partial charge < -0.3 is 10.6 Å². The van der Waals surface area contributed by atoms with Crippen molar-refractivity contribution in [2.75, 3.05) is 0 Å². The second-order valence-corrected chi connectivity index (χ2v) is 5.77. The first-order valence-corrected chi connectivity index (χ1v) is 7.47. The standard InChI is InChI=1S/C17H18N4O/c1-11-15(9-16(20-11)12-5-3-2-4-6-12)21-17(22)13-7-14(8-13)19-10-18/h2-6,9,11,13-14,19H,7-8H2,1H3,(H,21,22)/t11?,13-,14-. The predicted molar refractivity (Wildman–Crippen MR) is 83.9 cm³/mol. The summed E-state index contributed by atoms with van der Waals surface area (Å²) >= 11 is 0. The number of amides is 1. The lowest BCUT2D eigenvalue weighted by atomic mass is 9.79. The first kappa shape index (κ1) is 14.3. The molecular formula is C17H18N4O. The Kier molecular flexibility index (Phi) is 3.92. The van der Waals surface area contributed by atoms with Crippen LogP contribution in [0, 0.1) is 17.4 Å². The highest BCUT2D eigenvalue weighted by Crippen LogP contribution is 2.28. The maximum atomic E-state index is 12.2. The number of carbonyl (C=O) groups is 1. The first-order chi connectivity index (χ1) is 10.7. The highest BCUT2D eigenvalue weighted by atomic mass is 16.2. The number of nitrogens with one attached hydrogen (secondary N) is 2. The molecular weight excluding hydrogens is 276 g/mol. The van der Waals surface area contributed by atoms with Crippen LogP contribution in [0.15, 0.2) is 47.1 Å². The third-order valence-electron chi connectivity index (χ3n) is 4.19. The SMILES string of the molecule is CC1N=C(c2ccccc2)C=C1NC(=O)[C@H]1C[C@H](NC#N)C1. The van der Waals surface area contributed by atoms with Crippen molar-refractivity contribution in [3.05, 3.63) is 47.7 Å². The van der Waals surface area contributed by atoms with E-state index in [-0.39, 0.29) is 23.9 Å². The quantitative estimate of drug-likeness (QED) is 0.656. The average molecular weight is 294 g/mol. The molecule has 2 N–H and O–H groups in total. The summed E-state index contributed by atoms with van der Waals surface area (Å²) in [6, 6.07) is 10.1. The fraction of sp³-hybridized carbons (Fsp3) is 0.353. The van der Waals surface area contributed by atoms with Crippen LogP contribution in [0.25, 0.3) is 0 Å². The zero-order valence-electron chi connectivity index (χ0n) is 12.4. The van der Waals surface area contributed by atoms with E-state index in [1.807, 2.05) is 49.5 Å². The molecule has 112 valence electrons. The molecule has 2 aliphatic rings. The van der Waals surface area contributed by atoms with Crippen LogP contribution in [-0.2, 0) is 4.79 Å². The second-order valence-electron chi connectivity index (χ2n) is 5.77. The van der Waals surface area contributed by atoms with Crippen LogP contribution in [0.3, 0.4) is 0 Å². The molecule has 1 aliphatic heterocycles. The van der Waals surface area contributed by atoms with Gasteiger partial charge in [-0.2, -0.15) is 5.26 Å². The van der Waals surface area contributed by atoms with Crippen molar-refractivity contribution in [3.63, 3.8) is 0 Å². The summed E-state index contributed by atoms with van der Waals surface area (Å²) in [7, 11) is 0. The van der Waals surface area contributed by atoms with Crippen molar-refractivity contribution in [3.8, 4) is 6.19 Å². The van der Waals surface area contributed by atoms with Gasteiger partial charge in [0.25, 0.3) is 0 Å². The van der Waals surface area contributed by atoms with Gasteiger partial charge in [-0.05, 0) is 31.4 Å². The minimum absolute atomic E-state index is 0.0141. The van der Waals surface area contributed by atoms with E-state index in [9.17, 15) is 4.79 Å². The summed E-state index contributed by atoms with van der Waals surface area (Å²) in [5.41, 5.74) is 2.81. The lowest BCUT2D eigenvalue weighted by molar-refractivity contribution is -0.127. The molecule has 1 amide bonds. The number of nitrogens with zero attached hydrogens (tertiary/aromatic N) is 2. The number of carbonyl (C=O) groups excluding carboxylic acids is 1. The van der Waals surface area contributed by atoms with Gasteiger partial charge in [0.15, 0.2) is 6.19 Å². The highest BCUT2D eigenvalue weighted by molar-refractivity contribution is 6.11. The van der Waals surface area contributed by atoms with Gasteiger partial charge in [0.05, 0.1) is 11.8 Å². The third kappa shape index (κ3) is 2.86.